The van der Waals surface area contributed by atoms with Gasteiger partial charge in [0.05, 0.1) is 25.1 Å². The van der Waals surface area contributed by atoms with Crippen LogP contribution in [0, 0.1) is 0 Å². The molecule has 22 heavy (non-hydrogen) atoms. The maximum absolute atomic E-state index is 5.46. The van der Waals surface area contributed by atoms with Gasteiger partial charge in [-0.25, -0.2) is 4.98 Å². The Kier molecular flexibility index (Phi) is 4.37. The molecule has 0 atom stereocenters. The Hall–Kier alpha value is -2.37. The number of ether oxygens (including phenoxy) is 2. The molecule has 116 valence electrons. The van der Waals surface area contributed by atoms with E-state index in [2.05, 4.69) is 19.9 Å². The number of nitrogens with zero attached hydrogens (tertiary/aromatic N) is 4. The van der Waals surface area contributed by atoms with E-state index < -0.39 is 0 Å². The molecule has 0 amide bonds. The highest BCUT2D eigenvalue weighted by molar-refractivity contribution is 5.60. The minimum absolute atomic E-state index is 0.364. The molecule has 1 saturated heterocycles. The Morgan fingerprint density at radius 3 is 2.64 bits per heavy atom. The van der Waals surface area contributed by atoms with Gasteiger partial charge in [0, 0.05) is 25.2 Å². The molecule has 3 heterocycles. The van der Waals surface area contributed by atoms with Crippen LogP contribution in [0.3, 0.4) is 0 Å². The molecule has 0 saturated carbocycles. The van der Waals surface area contributed by atoms with Crippen molar-refractivity contribution >= 4 is 5.82 Å². The summed E-state index contributed by atoms with van der Waals surface area (Å²) in [4.78, 5) is 15.6. The van der Waals surface area contributed by atoms with Gasteiger partial charge in [0.15, 0.2) is 0 Å². The highest BCUT2D eigenvalue weighted by Crippen LogP contribution is 2.26. The lowest BCUT2D eigenvalue weighted by Gasteiger charge is -2.17. The third-order valence-electron chi connectivity index (χ3n) is 3.58. The molecule has 6 nitrogen and oxygen atoms in total. The summed E-state index contributed by atoms with van der Waals surface area (Å²) in [7, 11) is 1.58. The third kappa shape index (κ3) is 3.10. The first-order chi connectivity index (χ1) is 10.8. The quantitative estimate of drug-likeness (QED) is 0.845. The topological polar surface area (TPSA) is 60.4 Å². The van der Waals surface area contributed by atoms with Crippen LogP contribution < -0.4 is 14.4 Å². The normalized spacial score (nSPS) is 14.2. The highest BCUT2D eigenvalue weighted by atomic mass is 16.5. The van der Waals surface area contributed by atoms with Crippen LogP contribution >= 0.6 is 0 Å². The molecule has 0 N–H and O–H groups in total. The molecule has 2 aromatic heterocycles. The molecular formula is C16H20N4O2. The van der Waals surface area contributed by atoms with Crippen molar-refractivity contribution < 1.29 is 9.47 Å². The lowest BCUT2D eigenvalue weighted by molar-refractivity contribution is 0.327. The Morgan fingerprint density at radius 1 is 1.09 bits per heavy atom. The molecule has 0 bridgehead atoms. The summed E-state index contributed by atoms with van der Waals surface area (Å²) in [6.45, 7) is 4.56. The van der Waals surface area contributed by atoms with Crippen LogP contribution in [-0.4, -0.2) is 41.8 Å². The lowest BCUT2D eigenvalue weighted by atomic mass is 10.2. The summed E-state index contributed by atoms with van der Waals surface area (Å²) in [5.41, 5.74) is 1.50. The average Bonchev–Trinajstić information content (AvgIpc) is 3.09. The zero-order valence-electron chi connectivity index (χ0n) is 13.0. The van der Waals surface area contributed by atoms with Gasteiger partial charge in [-0.3, -0.25) is 0 Å². The van der Waals surface area contributed by atoms with E-state index in [-0.39, 0.29) is 0 Å². The Labute approximate surface area is 130 Å². The molecule has 1 aliphatic heterocycles. The molecule has 3 rings (SSSR count). The predicted molar refractivity (Wildman–Crippen MR) is 84.4 cm³/mol. The zero-order valence-corrected chi connectivity index (χ0v) is 13.0. The standard InChI is InChI=1S/C16H20N4O2/c1-3-22-15-8-6-7-12(17-15)13-11-14(19-16(18-13)21-2)20-9-4-5-10-20/h6-8,11H,3-5,9-10H2,1-2H3. The summed E-state index contributed by atoms with van der Waals surface area (Å²) in [5.74, 6) is 1.49. The number of anilines is 1. The summed E-state index contributed by atoms with van der Waals surface area (Å²) >= 11 is 0. The second-order valence-electron chi connectivity index (χ2n) is 5.09. The van der Waals surface area contributed by atoms with Gasteiger partial charge in [0.25, 0.3) is 0 Å². The first-order valence-corrected chi connectivity index (χ1v) is 7.58. The Morgan fingerprint density at radius 2 is 1.91 bits per heavy atom. The fourth-order valence-electron chi connectivity index (χ4n) is 2.53. The lowest BCUT2D eigenvalue weighted by Crippen LogP contribution is -2.19. The number of hydrogen-bond acceptors (Lipinski definition) is 6. The minimum Gasteiger partial charge on any atom is -0.478 e. The average molecular weight is 300 g/mol. The van der Waals surface area contributed by atoms with E-state index >= 15 is 0 Å². The Balaban J connectivity index is 1.98. The molecule has 1 aliphatic rings. The highest BCUT2D eigenvalue weighted by Gasteiger charge is 2.17. The molecule has 0 unspecified atom stereocenters. The van der Waals surface area contributed by atoms with E-state index in [1.165, 1.54) is 12.8 Å². The van der Waals surface area contributed by atoms with E-state index in [4.69, 9.17) is 9.47 Å². The first kappa shape index (κ1) is 14.6. The van der Waals surface area contributed by atoms with Gasteiger partial charge in [-0.2, -0.15) is 9.97 Å². The van der Waals surface area contributed by atoms with Crippen molar-refractivity contribution in [3.63, 3.8) is 0 Å². The van der Waals surface area contributed by atoms with Gasteiger partial charge in [-0.15, -0.1) is 0 Å². The fraction of sp³-hybridized carbons (Fsp3) is 0.438. The van der Waals surface area contributed by atoms with Crippen molar-refractivity contribution in [3.8, 4) is 23.3 Å². The van der Waals surface area contributed by atoms with Gasteiger partial charge >= 0.3 is 6.01 Å². The van der Waals surface area contributed by atoms with Crippen LogP contribution in [0.1, 0.15) is 19.8 Å². The van der Waals surface area contributed by atoms with Crippen LogP contribution in [-0.2, 0) is 0 Å². The van der Waals surface area contributed by atoms with Gasteiger partial charge in [-0.05, 0) is 25.8 Å². The van der Waals surface area contributed by atoms with Crippen molar-refractivity contribution in [2.45, 2.75) is 19.8 Å². The molecule has 0 aromatic carbocycles. The first-order valence-electron chi connectivity index (χ1n) is 7.58. The van der Waals surface area contributed by atoms with Gasteiger partial charge in [-0.1, -0.05) is 6.07 Å². The summed E-state index contributed by atoms with van der Waals surface area (Å²) in [6, 6.07) is 8.00. The van der Waals surface area contributed by atoms with Crippen molar-refractivity contribution in [2.75, 3.05) is 31.7 Å². The number of aromatic nitrogens is 3. The fourth-order valence-corrected chi connectivity index (χ4v) is 2.53. The van der Waals surface area contributed by atoms with Crippen molar-refractivity contribution in [2.24, 2.45) is 0 Å². The molecule has 0 aliphatic carbocycles. The predicted octanol–water partition coefficient (Wildman–Crippen LogP) is 2.55. The van der Waals surface area contributed by atoms with Crippen LogP contribution in [0.25, 0.3) is 11.4 Å². The summed E-state index contributed by atoms with van der Waals surface area (Å²) in [5, 5.41) is 0. The summed E-state index contributed by atoms with van der Waals surface area (Å²) < 4.78 is 10.7. The largest absolute Gasteiger partial charge is 0.478 e. The van der Waals surface area contributed by atoms with E-state index in [1.807, 2.05) is 31.2 Å². The second-order valence-corrected chi connectivity index (χ2v) is 5.09. The third-order valence-corrected chi connectivity index (χ3v) is 3.58. The van der Waals surface area contributed by atoms with Crippen LogP contribution in [0.15, 0.2) is 24.3 Å². The van der Waals surface area contributed by atoms with Gasteiger partial charge < -0.3 is 14.4 Å². The monoisotopic (exact) mass is 300 g/mol. The van der Waals surface area contributed by atoms with Crippen molar-refractivity contribution in [1.29, 1.82) is 0 Å². The van der Waals surface area contributed by atoms with Crippen molar-refractivity contribution in [3.05, 3.63) is 24.3 Å². The number of hydrogen-bond donors (Lipinski definition) is 0. The van der Waals surface area contributed by atoms with Gasteiger partial charge in [0.1, 0.15) is 5.82 Å². The molecular weight excluding hydrogens is 280 g/mol. The summed E-state index contributed by atoms with van der Waals surface area (Å²) in [6.07, 6.45) is 2.39. The molecule has 0 spiro atoms. The van der Waals surface area contributed by atoms with Crippen LogP contribution in [0.2, 0.25) is 0 Å². The molecule has 0 radical (unpaired) electrons. The van der Waals surface area contributed by atoms with E-state index in [9.17, 15) is 0 Å². The minimum atomic E-state index is 0.364. The number of methoxy groups -OCH3 is 1. The zero-order chi connectivity index (χ0) is 15.4. The van der Waals surface area contributed by atoms with Crippen LogP contribution in [0.4, 0.5) is 5.82 Å². The Bertz CT molecular complexity index is 642. The smallest absolute Gasteiger partial charge is 0.318 e. The number of rotatable bonds is 5. The van der Waals surface area contributed by atoms with E-state index in [0.717, 1.165) is 30.3 Å². The molecule has 2 aromatic rings. The van der Waals surface area contributed by atoms with E-state index in [1.54, 1.807) is 7.11 Å². The van der Waals surface area contributed by atoms with Crippen LogP contribution in [0.5, 0.6) is 11.9 Å². The van der Waals surface area contributed by atoms with Crippen molar-refractivity contribution in [1.82, 2.24) is 15.0 Å². The molecule has 6 heteroatoms. The molecule has 1 fully saturated rings. The maximum Gasteiger partial charge on any atom is 0.318 e. The SMILES string of the molecule is CCOc1cccc(-c2cc(N3CCCC3)nc(OC)n2)n1. The maximum atomic E-state index is 5.46. The number of pyridine rings is 1. The van der Waals surface area contributed by atoms with E-state index in [0.29, 0.717) is 18.5 Å². The van der Waals surface area contributed by atoms with Gasteiger partial charge in [0.2, 0.25) is 5.88 Å². The second kappa shape index (κ2) is 6.60.